The van der Waals surface area contributed by atoms with Gasteiger partial charge in [0, 0.05) is 6.20 Å². The number of nitrogens with zero attached hydrogens (tertiary/aromatic N) is 2. The highest BCUT2D eigenvalue weighted by Crippen LogP contribution is 2.15. The van der Waals surface area contributed by atoms with Crippen LogP contribution < -0.4 is 5.73 Å². The van der Waals surface area contributed by atoms with Gasteiger partial charge in [0.2, 0.25) is 0 Å². The molecule has 2 rings (SSSR count). The number of hydrogen-bond acceptors (Lipinski definition) is 3. The lowest BCUT2D eigenvalue weighted by Crippen LogP contribution is -2.21. The molecule has 0 spiro atoms. The zero-order chi connectivity index (χ0) is 11.0. The number of carbonyl (C=O) groups is 1. The second-order valence-corrected chi connectivity index (χ2v) is 3.41. The van der Waals surface area contributed by atoms with Gasteiger partial charge in [0.25, 0.3) is 0 Å². The molecule has 1 atom stereocenters. The molecular formula is C10H11N3O2. The maximum absolute atomic E-state index is 10.7. The molecule has 0 aliphatic carbocycles. The number of fused-ring (bicyclic) bond motifs is 1. The van der Waals surface area contributed by atoms with Gasteiger partial charge in [0.05, 0.1) is 11.2 Å². The molecule has 1 unspecified atom stereocenters. The molecule has 15 heavy (non-hydrogen) atoms. The van der Waals surface area contributed by atoms with Crippen molar-refractivity contribution < 1.29 is 9.90 Å². The van der Waals surface area contributed by atoms with Crippen LogP contribution in [0.5, 0.6) is 0 Å². The minimum Gasteiger partial charge on any atom is -0.480 e. The summed E-state index contributed by atoms with van der Waals surface area (Å²) in [6, 6.07) is 4.43. The Morgan fingerprint density at radius 1 is 1.67 bits per heavy atom. The van der Waals surface area contributed by atoms with Crippen molar-refractivity contribution in [2.24, 2.45) is 5.73 Å². The zero-order valence-electron chi connectivity index (χ0n) is 8.21. The molecule has 0 saturated carbocycles. The third-order valence-corrected chi connectivity index (χ3v) is 2.32. The second kappa shape index (κ2) is 3.36. The molecule has 2 aromatic heterocycles. The highest BCUT2D eigenvalue weighted by Gasteiger charge is 2.17. The van der Waals surface area contributed by atoms with Crippen molar-refractivity contribution in [2.75, 3.05) is 0 Å². The fourth-order valence-corrected chi connectivity index (χ4v) is 1.45. The fourth-order valence-electron chi connectivity index (χ4n) is 1.45. The molecule has 78 valence electrons. The van der Waals surface area contributed by atoms with E-state index in [0.29, 0.717) is 5.69 Å². The summed E-state index contributed by atoms with van der Waals surface area (Å²) >= 11 is 0. The number of hydrogen-bond donors (Lipinski definition) is 2. The second-order valence-electron chi connectivity index (χ2n) is 3.41. The summed E-state index contributed by atoms with van der Waals surface area (Å²) < 4.78 is 1.63. The lowest BCUT2D eigenvalue weighted by atomic mass is 10.2. The summed E-state index contributed by atoms with van der Waals surface area (Å²) in [5.41, 5.74) is 7.76. The number of carboxylic acids is 1. The lowest BCUT2D eigenvalue weighted by Gasteiger charge is -1.99. The summed E-state index contributed by atoms with van der Waals surface area (Å²) in [5, 5.41) is 12.9. The lowest BCUT2D eigenvalue weighted by molar-refractivity contribution is -0.138. The van der Waals surface area contributed by atoms with Gasteiger partial charge in [0.1, 0.15) is 6.04 Å². The number of pyridine rings is 1. The third kappa shape index (κ3) is 1.57. The first-order valence-electron chi connectivity index (χ1n) is 4.53. The van der Waals surface area contributed by atoms with Crippen LogP contribution in [0.25, 0.3) is 5.52 Å². The van der Waals surface area contributed by atoms with Crippen molar-refractivity contribution in [3.63, 3.8) is 0 Å². The summed E-state index contributed by atoms with van der Waals surface area (Å²) in [4.78, 5) is 10.7. The Balaban J connectivity index is 2.56. The molecule has 0 aliphatic heterocycles. The Labute approximate surface area is 86.1 Å². The quantitative estimate of drug-likeness (QED) is 0.757. The van der Waals surface area contributed by atoms with Crippen LogP contribution in [0.2, 0.25) is 0 Å². The number of aromatic nitrogens is 2. The van der Waals surface area contributed by atoms with Crippen molar-refractivity contribution in [2.45, 2.75) is 13.0 Å². The van der Waals surface area contributed by atoms with Crippen molar-refractivity contribution >= 4 is 11.5 Å². The van der Waals surface area contributed by atoms with Crippen LogP contribution >= 0.6 is 0 Å². The van der Waals surface area contributed by atoms with Gasteiger partial charge in [-0.25, -0.2) is 4.52 Å². The van der Waals surface area contributed by atoms with Crippen molar-refractivity contribution in [3.05, 3.63) is 35.7 Å². The van der Waals surface area contributed by atoms with Crippen LogP contribution in [0, 0.1) is 6.92 Å². The molecule has 0 saturated heterocycles. The van der Waals surface area contributed by atoms with Gasteiger partial charge in [-0.1, -0.05) is 6.07 Å². The molecule has 0 aromatic carbocycles. The van der Waals surface area contributed by atoms with E-state index in [1.807, 2.05) is 19.1 Å². The molecule has 5 heteroatoms. The van der Waals surface area contributed by atoms with E-state index in [-0.39, 0.29) is 0 Å². The largest absolute Gasteiger partial charge is 0.480 e. The van der Waals surface area contributed by atoms with Gasteiger partial charge in [0.15, 0.2) is 0 Å². The first kappa shape index (κ1) is 9.67. The van der Waals surface area contributed by atoms with E-state index in [1.165, 1.54) is 0 Å². The number of aryl methyl sites for hydroxylation is 1. The van der Waals surface area contributed by atoms with Crippen molar-refractivity contribution in [3.8, 4) is 0 Å². The van der Waals surface area contributed by atoms with Gasteiger partial charge in [-0.15, -0.1) is 0 Å². The van der Waals surface area contributed by atoms with E-state index in [2.05, 4.69) is 5.10 Å². The van der Waals surface area contributed by atoms with Gasteiger partial charge < -0.3 is 10.8 Å². The van der Waals surface area contributed by atoms with Crippen LogP contribution in [0.4, 0.5) is 0 Å². The molecule has 0 radical (unpaired) electrons. The Kier molecular flexibility index (Phi) is 2.17. The maximum atomic E-state index is 10.7. The Bertz CT molecular complexity index is 518. The summed E-state index contributed by atoms with van der Waals surface area (Å²) in [5.74, 6) is -1.07. The van der Waals surface area contributed by atoms with E-state index in [9.17, 15) is 4.79 Å². The van der Waals surface area contributed by atoms with Crippen LogP contribution in [-0.2, 0) is 4.79 Å². The van der Waals surface area contributed by atoms with E-state index >= 15 is 0 Å². The van der Waals surface area contributed by atoms with E-state index < -0.39 is 12.0 Å². The molecule has 0 amide bonds. The zero-order valence-corrected chi connectivity index (χ0v) is 8.21. The molecule has 0 bridgehead atoms. The van der Waals surface area contributed by atoms with Gasteiger partial charge >= 0.3 is 5.97 Å². The SMILES string of the molecule is Cc1cccn2nc(C(N)C(=O)O)cc12. The minimum atomic E-state index is -1.07. The van der Waals surface area contributed by atoms with E-state index in [4.69, 9.17) is 10.8 Å². The van der Waals surface area contributed by atoms with Gasteiger partial charge in [-0.05, 0) is 24.6 Å². The number of carboxylic acid groups (broad SMARTS) is 1. The highest BCUT2D eigenvalue weighted by atomic mass is 16.4. The van der Waals surface area contributed by atoms with Crippen LogP contribution in [0.15, 0.2) is 24.4 Å². The van der Waals surface area contributed by atoms with Gasteiger partial charge in [-0.2, -0.15) is 5.10 Å². The minimum absolute atomic E-state index is 0.372. The fraction of sp³-hybridized carbons (Fsp3) is 0.200. The van der Waals surface area contributed by atoms with Crippen LogP contribution in [0.1, 0.15) is 17.3 Å². The first-order chi connectivity index (χ1) is 7.09. The maximum Gasteiger partial charge on any atom is 0.326 e. The predicted octanol–water partition coefficient (Wildman–Crippen LogP) is 0.727. The predicted molar refractivity (Wildman–Crippen MR) is 54.5 cm³/mol. The number of aliphatic carboxylic acids is 1. The third-order valence-electron chi connectivity index (χ3n) is 2.32. The average molecular weight is 205 g/mol. The Hall–Kier alpha value is -1.88. The monoisotopic (exact) mass is 205 g/mol. The summed E-state index contributed by atoms with van der Waals surface area (Å²) in [6.45, 7) is 1.94. The topological polar surface area (TPSA) is 80.6 Å². The molecule has 0 aliphatic rings. The first-order valence-corrected chi connectivity index (χ1v) is 4.53. The van der Waals surface area contributed by atoms with Gasteiger partial charge in [-0.3, -0.25) is 4.79 Å². The van der Waals surface area contributed by atoms with Crippen LogP contribution in [0.3, 0.4) is 0 Å². The Morgan fingerprint density at radius 2 is 2.40 bits per heavy atom. The van der Waals surface area contributed by atoms with E-state index in [0.717, 1.165) is 11.1 Å². The summed E-state index contributed by atoms with van der Waals surface area (Å²) in [7, 11) is 0. The normalized spacial score (nSPS) is 12.9. The smallest absolute Gasteiger partial charge is 0.326 e. The molecule has 5 nitrogen and oxygen atoms in total. The van der Waals surface area contributed by atoms with E-state index in [1.54, 1.807) is 16.8 Å². The highest BCUT2D eigenvalue weighted by molar-refractivity contribution is 5.75. The number of rotatable bonds is 2. The number of nitrogens with two attached hydrogens (primary N) is 1. The molecule has 3 N–H and O–H groups in total. The molecule has 2 heterocycles. The average Bonchev–Trinajstić information content (AvgIpc) is 2.61. The standard InChI is InChI=1S/C10H11N3O2/c1-6-3-2-4-13-8(6)5-7(12-13)9(11)10(14)15/h2-5,9H,11H2,1H3,(H,14,15). The molecule has 2 aromatic rings. The van der Waals surface area contributed by atoms with Crippen molar-refractivity contribution in [1.82, 2.24) is 9.61 Å². The van der Waals surface area contributed by atoms with Crippen molar-refractivity contribution in [1.29, 1.82) is 0 Å². The summed E-state index contributed by atoms with van der Waals surface area (Å²) in [6.07, 6.45) is 1.76. The Morgan fingerprint density at radius 3 is 3.00 bits per heavy atom. The molecule has 0 fully saturated rings. The van der Waals surface area contributed by atoms with Crippen LogP contribution in [-0.4, -0.2) is 20.7 Å². The molecular weight excluding hydrogens is 194 g/mol.